The largest absolute Gasteiger partial charge is 0.481 e. The maximum Gasteiger partial charge on any atom is 0.340 e. The van der Waals surface area contributed by atoms with Crippen LogP contribution in [0.25, 0.3) is 0 Å². The smallest absolute Gasteiger partial charge is 0.340 e. The molecule has 0 saturated carbocycles. The molecule has 0 saturated heterocycles. The van der Waals surface area contributed by atoms with Crippen molar-refractivity contribution in [2.24, 2.45) is 0 Å². The molecule has 0 fully saturated rings. The predicted molar refractivity (Wildman–Crippen MR) is 38.6 cm³/mol. The van der Waals surface area contributed by atoms with Gasteiger partial charge in [0.25, 0.3) is 0 Å². The van der Waals surface area contributed by atoms with Crippen molar-refractivity contribution in [3.05, 3.63) is 0 Å². The van der Waals surface area contributed by atoms with Crippen molar-refractivity contribution in [1.82, 2.24) is 0 Å². The van der Waals surface area contributed by atoms with E-state index in [-0.39, 0.29) is 17.1 Å². The number of rotatable bonds is 6. The van der Waals surface area contributed by atoms with Crippen molar-refractivity contribution >= 4 is 17.9 Å². The summed E-state index contributed by atoms with van der Waals surface area (Å²) in [6.45, 7) is 0. The van der Waals surface area contributed by atoms with E-state index in [0.717, 1.165) is 0 Å². The molecule has 0 unspecified atom stereocenters. The van der Waals surface area contributed by atoms with Gasteiger partial charge in [0.05, 0.1) is 12.8 Å². The Morgan fingerprint density at radius 2 is 1.33 bits per heavy atom. The zero-order chi connectivity index (χ0) is 11.4. The minimum Gasteiger partial charge on any atom is -0.481 e. The first kappa shape index (κ1) is 16.3. The van der Waals surface area contributed by atoms with E-state index in [1.165, 1.54) is 0 Å². The quantitative estimate of drug-likeness (QED) is 0.278. The molecular formula is C6H8MnO8. The molecule has 0 aromatic carbocycles. The van der Waals surface area contributed by atoms with Gasteiger partial charge in [0, 0.05) is 17.1 Å². The third-order valence-corrected chi connectivity index (χ3v) is 1.44. The maximum absolute atomic E-state index is 10.5. The first-order valence-corrected chi connectivity index (χ1v) is 3.33. The molecule has 0 amide bonds. The van der Waals surface area contributed by atoms with E-state index in [2.05, 4.69) is 4.89 Å². The van der Waals surface area contributed by atoms with Gasteiger partial charge in [0.1, 0.15) is 0 Å². The summed E-state index contributed by atoms with van der Waals surface area (Å²) in [5, 5.41) is 33.3. The van der Waals surface area contributed by atoms with Gasteiger partial charge in [0.15, 0.2) is 0 Å². The second-order valence-corrected chi connectivity index (χ2v) is 2.53. The van der Waals surface area contributed by atoms with E-state index >= 15 is 0 Å². The Bertz CT molecular complexity index is 246. The fraction of sp³-hybridized carbons (Fsp3) is 0.500. The van der Waals surface area contributed by atoms with Crippen LogP contribution in [0.2, 0.25) is 0 Å². The molecule has 0 aliphatic rings. The van der Waals surface area contributed by atoms with Crippen LogP contribution in [0.15, 0.2) is 0 Å². The molecular weight excluding hydrogens is 255 g/mol. The van der Waals surface area contributed by atoms with Gasteiger partial charge < -0.3 is 15.3 Å². The second kappa shape index (κ2) is 6.35. The molecule has 4 N–H and O–H groups in total. The fourth-order valence-electron chi connectivity index (χ4n) is 0.806. The molecule has 0 rings (SSSR count). The minimum atomic E-state index is -2.64. The van der Waals surface area contributed by atoms with Crippen LogP contribution in [-0.4, -0.2) is 44.1 Å². The van der Waals surface area contributed by atoms with Crippen molar-refractivity contribution in [1.29, 1.82) is 0 Å². The third-order valence-electron chi connectivity index (χ3n) is 1.44. The average Bonchev–Trinajstić information content (AvgIpc) is 2.00. The van der Waals surface area contributed by atoms with Gasteiger partial charge in [-0.25, -0.2) is 9.68 Å². The average molecular weight is 263 g/mol. The molecule has 87 valence electrons. The standard InChI is InChI=1S/C6H8O8.Mn/c7-3(8)1-6(14-13,5(11)12)2-4(9)10;/h13H,1-2H2,(H,7,8)(H,9,10)(H,11,12);. The molecule has 0 bridgehead atoms. The molecule has 0 aromatic heterocycles. The Morgan fingerprint density at radius 1 is 1.00 bits per heavy atom. The van der Waals surface area contributed by atoms with E-state index in [1.54, 1.807) is 0 Å². The van der Waals surface area contributed by atoms with Crippen molar-refractivity contribution in [3.63, 3.8) is 0 Å². The van der Waals surface area contributed by atoms with Gasteiger partial charge in [-0.2, -0.15) is 0 Å². The zero-order valence-corrected chi connectivity index (χ0v) is 8.39. The summed E-state index contributed by atoms with van der Waals surface area (Å²) in [6, 6.07) is 0. The van der Waals surface area contributed by atoms with Crippen LogP contribution in [0.3, 0.4) is 0 Å². The van der Waals surface area contributed by atoms with Crippen LogP contribution in [0.1, 0.15) is 12.8 Å². The summed E-state index contributed by atoms with van der Waals surface area (Å²) >= 11 is 0. The molecule has 9 heteroatoms. The Kier molecular flexibility index (Phi) is 6.90. The number of hydrogen-bond donors (Lipinski definition) is 4. The van der Waals surface area contributed by atoms with Gasteiger partial charge >= 0.3 is 17.9 Å². The summed E-state index contributed by atoms with van der Waals surface area (Å²) in [6.07, 6.45) is -2.30. The molecule has 15 heavy (non-hydrogen) atoms. The number of carboxylic acids is 3. The number of hydrogen-bond acceptors (Lipinski definition) is 5. The first-order valence-electron chi connectivity index (χ1n) is 3.33. The third kappa shape index (κ3) is 4.75. The number of carbonyl (C=O) groups is 3. The summed E-state index contributed by atoms with van der Waals surface area (Å²) in [5.41, 5.74) is -2.64. The van der Waals surface area contributed by atoms with Gasteiger partial charge in [-0.05, 0) is 0 Å². The Labute approximate surface area is 93.9 Å². The zero-order valence-electron chi connectivity index (χ0n) is 7.21. The van der Waals surface area contributed by atoms with Crippen LogP contribution >= 0.6 is 0 Å². The predicted octanol–water partition coefficient (Wildman–Crippen LogP) is -0.754. The van der Waals surface area contributed by atoms with E-state index in [0.29, 0.717) is 0 Å². The van der Waals surface area contributed by atoms with E-state index in [1.807, 2.05) is 0 Å². The monoisotopic (exact) mass is 263 g/mol. The van der Waals surface area contributed by atoms with Crippen molar-refractivity contribution in [2.45, 2.75) is 18.4 Å². The van der Waals surface area contributed by atoms with Crippen molar-refractivity contribution in [3.8, 4) is 0 Å². The Hall–Kier alpha value is -1.15. The van der Waals surface area contributed by atoms with E-state index in [9.17, 15) is 14.4 Å². The molecule has 1 radical (unpaired) electrons. The Morgan fingerprint density at radius 3 is 1.47 bits per heavy atom. The molecule has 0 aromatic rings. The normalized spacial score (nSPS) is 10.2. The van der Waals surface area contributed by atoms with Gasteiger partial charge in [-0.1, -0.05) is 0 Å². The molecule has 0 aliphatic heterocycles. The summed E-state index contributed by atoms with van der Waals surface area (Å²) in [4.78, 5) is 34.4. The molecule has 8 nitrogen and oxygen atoms in total. The summed E-state index contributed by atoms with van der Waals surface area (Å²) in [7, 11) is 0. The van der Waals surface area contributed by atoms with Crippen LogP contribution in [0.5, 0.6) is 0 Å². The summed E-state index contributed by atoms with van der Waals surface area (Å²) in [5.74, 6) is -5.05. The first-order chi connectivity index (χ1) is 6.34. The summed E-state index contributed by atoms with van der Waals surface area (Å²) < 4.78 is 0. The van der Waals surface area contributed by atoms with Gasteiger partial charge in [-0.3, -0.25) is 14.8 Å². The SMILES string of the molecule is O=C(O)CC(CC(=O)O)(OO)C(=O)O.[Mn]. The van der Waals surface area contributed by atoms with Crippen molar-refractivity contribution in [2.75, 3.05) is 0 Å². The maximum atomic E-state index is 10.5. The van der Waals surface area contributed by atoms with E-state index < -0.39 is 36.4 Å². The minimum absolute atomic E-state index is 0. The van der Waals surface area contributed by atoms with Crippen LogP contribution in [-0.2, 0) is 36.3 Å². The molecule has 0 atom stereocenters. The topological polar surface area (TPSA) is 141 Å². The van der Waals surface area contributed by atoms with Gasteiger partial charge in [-0.15, -0.1) is 0 Å². The molecule has 0 spiro atoms. The molecule has 0 aliphatic carbocycles. The second-order valence-electron chi connectivity index (χ2n) is 2.53. The van der Waals surface area contributed by atoms with Crippen molar-refractivity contribution < 1.29 is 56.9 Å². The van der Waals surface area contributed by atoms with Crippen LogP contribution in [0, 0.1) is 0 Å². The fourth-order valence-corrected chi connectivity index (χ4v) is 0.806. The van der Waals surface area contributed by atoms with Gasteiger partial charge in [0.2, 0.25) is 5.60 Å². The van der Waals surface area contributed by atoms with Crippen LogP contribution in [0.4, 0.5) is 0 Å². The number of carboxylic acid groups (broad SMARTS) is 3. The number of aliphatic carboxylic acids is 3. The van der Waals surface area contributed by atoms with Crippen LogP contribution < -0.4 is 0 Å². The molecule has 0 heterocycles. The van der Waals surface area contributed by atoms with E-state index in [4.69, 9.17) is 20.6 Å². The Balaban J connectivity index is 0.